The molecule has 0 aliphatic carbocycles. The summed E-state index contributed by atoms with van der Waals surface area (Å²) in [5.74, 6) is 1.38. The summed E-state index contributed by atoms with van der Waals surface area (Å²) in [7, 11) is 1.72. The molecular weight excluding hydrogens is 378 g/mol. The van der Waals surface area contributed by atoms with Gasteiger partial charge in [-0.2, -0.15) is 0 Å². The van der Waals surface area contributed by atoms with Crippen LogP contribution in [0.1, 0.15) is 29.2 Å². The highest BCUT2D eigenvalue weighted by molar-refractivity contribution is 5.94. The molecule has 4 rings (SSSR count). The first kappa shape index (κ1) is 19.7. The smallest absolute Gasteiger partial charge is 0.226 e. The van der Waals surface area contributed by atoms with E-state index in [0.29, 0.717) is 31.4 Å². The molecule has 1 aliphatic rings. The molecule has 0 saturated heterocycles. The van der Waals surface area contributed by atoms with Gasteiger partial charge in [0, 0.05) is 37.2 Å². The van der Waals surface area contributed by atoms with Gasteiger partial charge in [0.25, 0.3) is 0 Å². The van der Waals surface area contributed by atoms with Gasteiger partial charge in [-0.15, -0.1) is 0 Å². The molecule has 0 radical (unpaired) electrons. The lowest BCUT2D eigenvalue weighted by molar-refractivity contribution is -0.116. The van der Waals surface area contributed by atoms with Gasteiger partial charge in [0.05, 0.1) is 12.2 Å². The molecule has 1 aliphatic heterocycles. The molecule has 0 fully saturated rings. The van der Waals surface area contributed by atoms with E-state index in [4.69, 9.17) is 4.42 Å². The average Bonchev–Trinajstić information content (AvgIpc) is 3.23. The van der Waals surface area contributed by atoms with Crippen LogP contribution in [0.4, 0.5) is 5.69 Å². The Morgan fingerprint density at radius 1 is 1.20 bits per heavy atom. The number of rotatable bonds is 5. The lowest BCUT2D eigenvalue weighted by atomic mass is 9.90. The van der Waals surface area contributed by atoms with Crippen molar-refractivity contribution < 1.29 is 9.21 Å². The van der Waals surface area contributed by atoms with Crippen LogP contribution in [0.2, 0.25) is 0 Å². The maximum Gasteiger partial charge on any atom is 0.226 e. The van der Waals surface area contributed by atoms with Crippen LogP contribution < -0.4 is 16.0 Å². The van der Waals surface area contributed by atoms with Crippen LogP contribution in [0.5, 0.6) is 0 Å². The molecule has 0 spiro atoms. The first-order chi connectivity index (χ1) is 14.6. The Morgan fingerprint density at radius 2 is 2.00 bits per heavy atom. The number of nitrogens with one attached hydrogen (secondary N) is 3. The van der Waals surface area contributed by atoms with Crippen molar-refractivity contribution in [2.24, 2.45) is 4.99 Å². The predicted octanol–water partition coefficient (Wildman–Crippen LogP) is 3.44. The van der Waals surface area contributed by atoms with Crippen molar-refractivity contribution in [1.82, 2.24) is 15.6 Å². The Labute approximate surface area is 175 Å². The number of carbonyl (C=O) groups is 1. The maximum atomic E-state index is 12.0. The molecule has 2 aromatic carbocycles. The van der Waals surface area contributed by atoms with Gasteiger partial charge in [0.1, 0.15) is 6.26 Å². The molecule has 2 heterocycles. The molecule has 30 heavy (non-hydrogen) atoms. The quantitative estimate of drug-likeness (QED) is 0.448. The van der Waals surface area contributed by atoms with E-state index in [9.17, 15) is 4.79 Å². The zero-order valence-corrected chi connectivity index (χ0v) is 17.1. The second kappa shape index (κ2) is 8.82. The number of anilines is 1. The summed E-state index contributed by atoms with van der Waals surface area (Å²) in [6.07, 6.45) is 2.10. The minimum absolute atomic E-state index is 0.0367. The minimum atomic E-state index is 0.0367. The number of guanidine groups is 1. The summed E-state index contributed by atoms with van der Waals surface area (Å²) >= 11 is 0. The van der Waals surface area contributed by atoms with Gasteiger partial charge in [-0.3, -0.25) is 9.79 Å². The Hall–Kier alpha value is -3.61. The van der Waals surface area contributed by atoms with Gasteiger partial charge < -0.3 is 20.4 Å². The van der Waals surface area contributed by atoms with Crippen LogP contribution >= 0.6 is 0 Å². The van der Waals surface area contributed by atoms with Gasteiger partial charge >= 0.3 is 0 Å². The van der Waals surface area contributed by atoms with Crippen LogP contribution in [-0.4, -0.2) is 30.4 Å². The van der Waals surface area contributed by atoms with E-state index >= 15 is 0 Å². The molecule has 7 heteroatoms. The van der Waals surface area contributed by atoms with E-state index in [1.807, 2.05) is 49.4 Å². The van der Waals surface area contributed by atoms with Crippen molar-refractivity contribution in [3.8, 4) is 11.5 Å². The number of hydrogen-bond donors (Lipinski definition) is 3. The fourth-order valence-electron chi connectivity index (χ4n) is 3.52. The third-order valence-corrected chi connectivity index (χ3v) is 5.13. The average molecular weight is 403 g/mol. The Morgan fingerprint density at radius 3 is 2.80 bits per heavy atom. The molecule has 1 unspecified atom stereocenters. The molecule has 0 bridgehead atoms. The first-order valence-corrected chi connectivity index (χ1v) is 9.97. The first-order valence-electron chi connectivity index (χ1n) is 9.97. The summed E-state index contributed by atoms with van der Waals surface area (Å²) in [5.41, 5.74) is 4.95. The van der Waals surface area contributed by atoms with E-state index in [0.717, 1.165) is 22.5 Å². The standard InChI is InChI=1S/C23H25N5O2/c1-15-7-9-16(10-8-15)22-27-18(14-30-22)13-26-23(24-2)25-12-17-11-21(29)28-20-6-4-3-5-19(17)20/h3-10,14,17H,11-13H2,1-2H3,(H,28,29)(H2,24,25,26). The van der Waals surface area contributed by atoms with E-state index < -0.39 is 0 Å². The van der Waals surface area contributed by atoms with Crippen molar-refractivity contribution in [3.05, 3.63) is 71.6 Å². The highest BCUT2D eigenvalue weighted by atomic mass is 16.3. The van der Waals surface area contributed by atoms with E-state index in [1.54, 1.807) is 13.3 Å². The van der Waals surface area contributed by atoms with Gasteiger partial charge in [0.2, 0.25) is 11.8 Å². The normalized spacial score (nSPS) is 16.0. The molecule has 1 aromatic heterocycles. The monoisotopic (exact) mass is 403 g/mol. The molecule has 7 nitrogen and oxygen atoms in total. The van der Waals surface area contributed by atoms with Gasteiger partial charge in [-0.25, -0.2) is 4.98 Å². The van der Waals surface area contributed by atoms with Crippen molar-refractivity contribution in [2.45, 2.75) is 25.8 Å². The molecule has 0 saturated carbocycles. The lowest BCUT2D eigenvalue weighted by Gasteiger charge is -2.26. The van der Waals surface area contributed by atoms with Gasteiger partial charge in [-0.1, -0.05) is 35.9 Å². The molecular formula is C23H25N5O2. The van der Waals surface area contributed by atoms with Crippen molar-refractivity contribution in [2.75, 3.05) is 18.9 Å². The third-order valence-electron chi connectivity index (χ3n) is 5.13. The number of aromatic nitrogens is 1. The van der Waals surface area contributed by atoms with Crippen LogP contribution in [0, 0.1) is 6.92 Å². The largest absolute Gasteiger partial charge is 0.444 e. The van der Waals surface area contributed by atoms with Gasteiger partial charge in [0.15, 0.2) is 5.96 Å². The predicted molar refractivity (Wildman–Crippen MR) is 117 cm³/mol. The number of nitrogens with zero attached hydrogens (tertiary/aromatic N) is 2. The zero-order valence-electron chi connectivity index (χ0n) is 17.1. The summed E-state index contributed by atoms with van der Waals surface area (Å²) in [4.78, 5) is 20.8. The van der Waals surface area contributed by atoms with Crippen molar-refractivity contribution in [3.63, 3.8) is 0 Å². The molecule has 1 atom stereocenters. The number of aliphatic imine (C=N–C) groups is 1. The Bertz CT molecular complexity index is 1060. The second-order valence-electron chi connectivity index (χ2n) is 7.35. The van der Waals surface area contributed by atoms with Crippen LogP contribution in [0.15, 0.2) is 64.2 Å². The fourth-order valence-corrected chi connectivity index (χ4v) is 3.52. The summed E-state index contributed by atoms with van der Waals surface area (Å²) in [6, 6.07) is 16.0. The number of benzene rings is 2. The minimum Gasteiger partial charge on any atom is -0.444 e. The number of hydrogen-bond acceptors (Lipinski definition) is 4. The van der Waals surface area contributed by atoms with Crippen LogP contribution in [-0.2, 0) is 11.3 Å². The van der Waals surface area contributed by atoms with Crippen molar-refractivity contribution in [1.29, 1.82) is 0 Å². The number of para-hydroxylation sites is 1. The number of fused-ring (bicyclic) bond motifs is 1. The Balaban J connectivity index is 1.34. The Kier molecular flexibility index (Phi) is 5.79. The maximum absolute atomic E-state index is 12.0. The lowest BCUT2D eigenvalue weighted by Crippen LogP contribution is -2.40. The van der Waals surface area contributed by atoms with Crippen molar-refractivity contribution >= 4 is 17.6 Å². The highest BCUT2D eigenvalue weighted by Gasteiger charge is 2.24. The van der Waals surface area contributed by atoms with Crippen LogP contribution in [0.25, 0.3) is 11.5 Å². The number of aryl methyl sites for hydroxylation is 1. The molecule has 1 amide bonds. The molecule has 154 valence electrons. The number of carbonyl (C=O) groups excluding carboxylic acids is 1. The summed E-state index contributed by atoms with van der Waals surface area (Å²) < 4.78 is 5.61. The van der Waals surface area contributed by atoms with Crippen LogP contribution in [0.3, 0.4) is 0 Å². The van der Waals surface area contributed by atoms with E-state index in [1.165, 1.54) is 5.56 Å². The SMILES string of the molecule is CN=C(NCc1coc(-c2ccc(C)cc2)n1)NCC1CC(=O)Nc2ccccc21. The zero-order chi connectivity index (χ0) is 20.9. The van der Waals surface area contributed by atoms with E-state index in [-0.39, 0.29) is 11.8 Å². The fraction of sp³-hybridized carbons (Fsp3) is 0.261. The summed E-state index contributed by atoms with van der Waals surface area (Å²) in [6.45, 7) is 3.14. The number of oxazole rings is 1. The number of amides is 1. The third kappa shape index (κ3) is 4.51. The highest BCUT2D eigenvalue weighted by Crippen LogP contribution is 2.31. The molecule has 3 N–H and O–H groups in total. The second-order valence-corrected chi connectivity index (χ2v) is 7.35. The van der Waals surface area contributed by atoms with E-state index in [2.05, 4.69) is 32.0 Å². The topological polar surface area (TPSA) is 91.6 Å². The van der Waals surface area contributed by atoms with Gasteiger partial charge in [-0.05, 0) is 30.7 Å². The summed E-state index contributed by atoms with van der Waals surface area (Å²) in [5, 5.41) is 9.49. The molecule has 3 aromatic rings.